The molecule has 0 saturated carbocycles. The van der Waals surface area contributed by atoms with Crippen molar-refractivity contribution in [1.82, 2.24) is 9.38 Å². The summed E-state index contributed by atoms with van der Waals surface area (Å²) in [6, 6.07) is 5.04. The molecule has 0 saturated heterocycles. The van der Waals surface area contributed by atoms with E-state index in [0.717, 1.165) is 11.3 Å². The average Bonchev–Trinajstić information content (AvgIpc) is 2.57. The van der Waals surface area contributed by atoms with E-state index in [1.54, 1.807) is 18.2 Å². The fourth-order valence-corrected chi connectivity index (χ4v) is 3.18. The highest BCUT2D eigenvalue weighted by Gasteiger charge is 2.14. The van der Waals surface area contributed by atoms with Gasteiger partial charge in [0, 0.05) is 0 Å². The van der Waals surface area contributed by atoms with Crippen LogP contribution in [-0.2, 0) is 0 Å². The molecule has 2 heterocycles. The maximum Gasteiger partial charge on any atom is 0.267 e. The largest absolute Gasteiger partial charge is 0.268 e. The molecule has 2 aromatic heterocycles. The fraction of sp³-hybridized carbons (Fsp3) is 0. The predicted molar refractivity (Wildman–Crippen MR) is 71.9 cm³/mol. The zero-order valence-electron chi connectivity index (χ0n) is 8.08. The van der Waals surface area contributed by atoms with E-state index in [1.807, 2.05) is 0 Å². The summed E-state index contributed by atoms with van der Waals surface area (Å²) < 4.78 is 1.62. The third-order valence-corrected chi connectivity index (χ3v) is 4.47. The number of benzene rings is 1. The second kappa shape index (κ2) is 3.85. The van der Waals surface area contributed by atoms with Crippen LogP contribution in [0, 0.1) is 0 Å². The predicted octanol–water partition coefficient (Wildman–Crippen LogP) is 3.87. The van der Waals surface area contributed by atoms with E-state index in [4.69, 9.17) is 34.8 Å². The van der Waals surface area contributed by atoms with E-state index >= 15 is 0 Å². The van der Waals surface area contributed by atoms with Gasteiger partial charge in [0.05, 0.1) is 15.9 Å². The molecule has 17 heavy (non-hydrogen) atoms. The summed E-state index contributed by atoms with van der Waals surface area (Å²) in [6.45, 7) is 0. The van der Waals surface area contributed by atoms with E-state index in [9.17, 15) is 4.79 Å². The lowest BCUT2D eigenvalue weighted by Gasteiger charge is -2.00. The maximum atomic E-state index is 12.2. The summed E-state index contributed by atoms with van der Waals surface area (Å²) in [5, 5.41) is 1.04. The molecule has 3 aromatic rings. The molecule has 0 aliphatic carbocycles. The van der Waals surface area contributed by atoms with Gasteiger partial charge in [0.25, 0.3) is 5.56 Å². The number of halogens is 3. The Labute approximate surface area is 114 Å². The van der Waals surface area contributed by atoms with Crippen LogP contribution in [0.25, 0.3) is 15.9 Å². The Morgan fingerprint density at radius 3 is 2.76 bits per heavy atom. The van der Waals surface area contributed by atoms with Crippen LogP contribution < -0.4 is 5.56 Å². The number of rotatable bonds is 0. The van der Waals surface area contributed by atoms with Gasteiger partial charge in [0.2, 0.25) is 0 Å². The molecule has 86 valence electrons. The monoisotopic (exact) mass is 304 g/mol. The summed E-state index contributed by atoms with van der Waals surface area (Å²) in [4.78, 5) is 16.9. The minimum atomic E-state index is -0.263. The van der Waals surface area contributed by atoms with Gasteiger partial charge in [-0.1, -0.05) is 52.2 Å². The third-order valence-electron chi connectivity index (χ3n) is 2.36. The Bertz CT molecular complexity index is 809. The molecule has 0 atom stereocenters. The van der Waals surface area contributed by atoms with Crippen molar-refractivity contribution in [2.45, 2.75) is 0 Å². The van der Waals surface area contributed by atoms with E-state index in [-0.39, 0.29) is 10.7 Å². The van der Waals surface area contributed by atoms with Crippen molar-refractivity contribution in [3.05, 3.63) is 43.1 Å². The lowest BCUT2D eigenvalue weighted by atomic mass is 10.2. The van der Waals surface area contributed by atoms with Crippen molar-refractivity contribution in [1.29, 1.82) is 0 Å². The van der Waals surface area contributed by atoms with E-state index in [2.05, 4.69) is 4.98 Å². The molecule has 7 heteroatoms. The van der Waals surface area contributed by atoms with Crippen molar-refractivity contribution < 1.29 is 0 Å². The minimum absolute atomic E-state index is 0.186. The van der Waals surface area contributed by atoms with Crippen LogP contribution >= 0.6 is 46.1 Å². The zero-order valence-corrected chi connectivity index (χ0v) is 11.2. The summed E-state index contributed by atoms with van der Waals surface area (Å²) in [5.41, 5.74) is 0.203. The van der Waals surface area contributed by atoms with E-state index < -0.39 is 0 Å². The van der Waals surface area contributed by atoms with Gasteiger partial charge < -0.3 is 0 Å². The number of thiazole rings is 1. The molecule has 0 amide bonds. The normalized spacial score (nSPS) is 11.5. The van der Waals surface area contributed by atoms with Crippen LogP contribution in [0.3, 0.4) is 0 Å². The lowest BCUT2D eigenvalue weighted by Crippen LogP contribution is -2.13. The molecule has 0 spiro atoms. The van der Waals surface area contributed by atoms with Crippen LogP contribution in [0.2, 0.25) is 14.5 Å². The Hall–Kier alpha value is -0.810. The number of nitrogens with zero attached hydrogens (tertiary/aromatic N) is 2. The summed E-state index contributed by atoms with van der Waals surface area (Å²) >= 11 is 19.0. The second-order valence-electron chi connectivity index (χ2n) is 3.34. The molecular weight excluding hydrogens is 303 g/mol. The molecule has 0 N–H and O–H groups in total. The summed E-state index contributed by atoms with van der Waals surface area (Å²) in [7, 11) is 0. The van der Waals surface area contributed by atoms with Gasteiger partial charge in [-0.15, -0.1) is 0 Å². The average molecular weight is 306 g/mol. The smallest absolute Gasteiger partial charge is 0.267 e. The summed E-state index contributed by atoms with van der Waals surface area (Å²) in [6.07, 6.45) is 0. The highest BCUT2D eigenvalue weighted by atomic mass is 35.5. The first-order valence-electron chi connectivity index (χ1n) is 4.54. The first-order chi connectivity index (χ1) is 8.09. The van der Waals surface area contributed by atoms with Crippen LogP contribution in [-0.4, -0.2) is 9.38 Å². The molecule has 0 bridgehead atoms. The van der Waals surface area contributed by atoms with Crippen LogP contribution in [0.5, 0.6) is 0 Å². The molecule has 3 rings (SSSR count). The van der Waals surface area contributed by atoms with Gasteiger partial charge in [0.1, 0.15) is 9.49 Å². The van der Waals surface area contributed by atoms with Crippen molar-refractivity contribution in [3.63, 3.8) is 0 Å². The number of aromatic nitrogens is 2. The topological polar surface area (TPSA) is 34.4 Å². The molecule has 0 unspecified atom stereocenters. The van der Waals surface area contributed by atoms with Crippen LogP contribution in [0.15, 0.2) is 23.0 Å². The van der Waals surface area contributed by atoms with Crippen molar-refractivity contribution in [2.75, 3.05) is 0 Å². The van der Waals surface area contributed by atoms with Crippen molar-refractivity contribution in [2.24, 2.45) is 0 Å². The van der Waals surface area contributed by atoms with E-state index in [0.29, 0.717) is 25.2 Å². The summed E-state index contributed by atoms with van der Waals surface area (Å²) in [5.74, 6) is 0. The van der Waals surface area contributed by atoms with E-state index in [1.165, 1.54) is 4.40 Å². The van der Waals surface area contributed by atoms with Crippen LogP contribution in [0.4, 0.5) is 0 Å². The molecule has 0 radical (unpaired) electrons. The van der Waals surface area contributed by atoms with Gasteiger partial charge in [-0.3, -0.25) is 4.79 Å². The van der Waals surface area contributed by atoms with Gasteiger partial charge in [-0.25, -0.2) is 9.38 Å². The molecule has 0 aliphatic heterocycles. The molecular formula is C10H3Cl3N2OS. The molecule has 0 aliphatic rings. The highest BCUT2D eigenvalue weighted by molar-refractivity contribution is 7.21. The number of hydrogen-bond donors (Lipinski definition) is 0. The van der Waals surface area contributed by atoms with Gasteiger partial charge in [0.15, 0.2) is 4.96 Å². The number of fused-ring (bicyclic) bond motifs is 2. The Morgan fingerprint density at radius 1 is 1.24 bits per heavy atom. The Kier molecular flexibility index (Phi) is 2.56. The Balaban J connectivity index is 2.67. The van der Waals surface area contributed by atoms with Crippen molar-refractivity contribution >= 4 is 62.0 Å². The van der Waals surface area contributed by atoms with Crippen LogP contribution in [0.1, 0.15) is 0 Å². The van der Waals surface area contributed by atoms with Gasteiger partial charge in [-0.2, -0.15) is 0 Å². The standard InChI is InChI=1S/C10H3Cl3N2OS/c11-5-3-1-2-4-6(5)14-10-15(9(4)16)7(12)8(13)17-10/h1-3H. The fourth-order valence-electron chi connectivity index (χ4n) is 1.61. The maximum absolute atomic E-state index is 12.2. The number of para-hydroxylation sites is 1. The SMILES string of the molecule is O=c1c2cccc(Cl)c2nc2sc(Cl)c(Cl)n12. The second-order valence-corrected chi connectivity index (χ2v) is 5.68. The Morgan fingerprint density at radius 2 is 2.00 bits per heavy atom. The van der Waals surface area contributed by atoms with Gasteiger partial charge >= 0.3 is 0 Å². The third kappa shape index (κ3) is 1.56. The highest BCUT2D eigenvalue weighted by Crippen LogP contribution is 2.31. The first-order valence-corrected chi connectivity index (χ1v) is 6.49. The molecule has 1 aromatic carbocycles. The lowest BCUT2D eigenvalue weighted by molar-refractivity contribution is 1.11. The quantitative estimate of drug-likeness (QED) is 0.632. The van der Waals surface area contributed by atoms with Gasteiger partial charge in [-0.05, 0) is 12.1 Å². The molecule has 3 nitrogen and oxygen atoms in total. The number of hydrogen-bond acceptors (Lipinski definition) is 3. The zero-order chi connectivity index (χ0) is 12.2. The minimum Gasteiger partial charge on any atom is -0.268 e. The molecule has 0 fully saturated rings. The first kappa shape index (κ1) is 11.3. The van der Waals surface area contributed by atoms with Crippen molar-refractivity contribution in [3.8, 4) is 0 Å².